The minimum Gasteiger partial charge on any atom is -0.465 e. The Morgan fingerprint density at radius 3 is 2.56 bits per heavy atom. The van der Waals surface area contributed by atoms with Crippen LogP contribution in [0.3, 0.4) is 0 Å². The second-order valence-electron chi connectivity index (χ2n) is 5.57. The van der Waals surface area contributed by atoms with E-state index in [0.29, 0.717) is 16.6 Å². The van der Waals surface area contributed by atoms with E-state index in [-0.39, 0.29) is 23.4 Å². The van der Waals surface area contributed by atoms with Crippen molar-refractivity contribution >= 4 is 34.2 Å². The number of carbonyl (C=O) groups is 2. The minimum absolute atomic E-state index is 0.134. The van der Waals surface area contributed by atoms with E-state index < -0.39 is 17.8 Å². The molecule has 1 N–H and O–H groups in total. The molecule has 27 heavy (non-hydrogen) atoms. The van der Waals surface area contributed by atoms with Gasteiger partial charge in [-0.15, -0.1) is 0 Å². The molecular weight excluding hydrogens is 351 g/mol. The third-order valence-corrected chi connectivity index (χ3v) is 3.93. The lowest BCUT2D eigenvalue weighted by molar-refractivity contribution is 0.0526. The quantitative estimate of drug-likeness (QED) is 0.684. The zero-order valence-corrected chi connectivity index (χ0v) is 14.8. The fraction of sp³-hybridized carbons (Fsp3) is 0.150. The van der Waals surface area contributed by atoms with Gasteiger partial charge in [0.2, 0.25) is 0 Å². The highest BCUT2D eigenvalue weighted by Gasteiger charge is 2.21. The average Bonchev–Trinajstić information content (AvgIpc) is 2.69. The summed E-state index contributed by atoms with van der Waals surface area (Å²) in [5.74, 6) is -1.65. The third-order valence-electron chi connectivity index (χ3n) is 3.93. The molecule has 0 aliphatic heterocycles. The molecule has 1 aromatic heterocycles. The number of benzene rings is 2. The number of halogens is 1. The normalized spacial score (nSPS) is 10.5. The molecule has 7 heteroatoms. The van der Waals surface area contributed by atoms with Gasteiger partial charge < -0.3 is 14.8 Å². The summed E-state index contributed by atoms with van der Waals surface area (Å²) in [5.41, 5.74) is 1.18. The average molecular weight is 368 g/mol. The number of aromatic nitrogens is 1. The summed E-state index contributed by atoms with van der Waals surface area (Å²) in [7, 11) is 1.27. The van der Waals surface area contributed by atoms with Gasteiger partial charge >= 0.3 is 11.9 Å². The maximum atomic E-state index is 14.1. The van der Waals surface area contributed by atoms with Crippen molar-refractivity contribution in [2.45, 2.75) is 6.92 Å². The molecule has 0 atom stereocenters. The molecule has 3 rings (SSSR count). The van der Waals surface area contributed by atoms with Crippen LogP contribution >= 0.6 is 0 Å². The number of methoxy groups -OCH3 is 1. The molecule has 0 aliphatic carbocycles. The topological polar surface area (TPSA) is 77.5 Å². The van der Waals surface area contributed by atoms with Gasteiger partial charge in [-0.05, 0) is 25.1 Å². The molecular formula is C20H17FN2O4. The molecule has 0 bridgehead atoms. The van der Waals surface area contributed by atoms with Crippen molar-refractivity contribution in [3.8, 4) is 0 Å². The Hall–Kier alpha value is -3.48. The number of esters is 2. The van der Waals surface area contributed by atoms with E-state index in [1.165, 1.54) is 19.4 Å². The highest BCUT2D eigenvalue weighted by molar-refractivity contribution is 6.11. The molecule has 0 saturated carbocycles. The summed E-state index contributed by atoms with van der Waals surface area (Å²) in [5, 5.41) is 3.40. The molecule has 0 fully saturated rings. The largest absolute Gasteiger partial charge is 0.465 e. The zero-order chi connectivity index (χ0) is 19.4. The van der Waals surface area contributed by atoms with E-state index in [1.54, 1.807) is 43.3 Å². The van der Waals surface area contributed by atoms with E-state index in [2.05, 4.69) is 10.3 Å². The third kappa shape index (κ3) is 3.57. The van der Waals surface area contributed by atoms with Crippen LogP contribution in [0.2, 0.25) is 0 Å². The van der Waals surface area contributed by atoms with Gasteiger partial charge in [0.25, 0.3) is 0 Å². The molecule has 3 aromatic rings. The number of para-hydroxylation sites is 2. The molecule has 6 nitrogen and oxygen atoms in total. The summed E-state index contributed by atoms with van der Waals surface area (Å²) in [6.07, 6.45) is 1.30. The lowest BCUT2D eigenvalue weighted by atomic mass is 10.0. The van der Waals surface area contributed by atoms with Gasteiger partial charge in [-0.1, -0.05) is 24.3 Å². The van der Waals surface area contributed by atoms with Crippen LogP contribution in [-0.4, -0.2) is 30.6 Å². The Labute approximate surface area is 154 Å². The van der Waals surface area contributed by atoms with Crippen molar-refractivity contribution in [2.75, 3.05) is 19.0 Å². The fourth-order valence-electron chi connectivity index (χ4n) is 2.69. The van der Waals surface area contributed by atoms with Crippen LogP contribution in [0.25, 0.3) is 10.9 Å². The number of nitrogens with zero attached hydrogens (tertiary/aromatic N) is 1. The summed E-state index contributed by atoms with van der Waals surface area (Å²) >= 11 is 0. The summed E-state index contributed by atoms with van der Waals surface area (Å²) in [4.78, 5) is 28.7. The number of anilines is 2. The van der Waals surface area contributed by atoms with Gasteiger partial charge in [-0.3, -0.25) is 4.98 Å². The number of fused-ring (bicyclic) bond motifs is 1. The fourth-order valence-corrected chi connectivity index (χ4v) is 2.69. The van der Waals surface area contributed by atoms with Crippen molar-refractivity contribution in [1.29, 1.82) is 0 Å². The molecule has 0 radical (unpaired) electrons. The van der Waals surface area contributed by atoms with Gasteiger partial charge in [0.1, 0.15) is 11.4 Å². The smallest absolute Gasteiger partial charge is 0.341 e. The first-order valence-corrected chi connectivity index (χ1v) is 8.25. The Kier molecular flexibility index (Phi) is 5.30. The van der Waals surface area contributed by atoms with Crippen molar-refractivity contribution in [2.24, 2.45) is 0 Å². The van der Waals surface area contributed by atoms with Crippen LogP contribution in [0, 0.1) is 5.82 Å². The van der Waals surface area contributed by atoms with Gasteiger partial charge in [0.15, 0.2) is 0 Å². The second-order valence-corrected chi connectivity index (χ2v) is 5.57. The summed E-state index contributed by atoms with van der Waals surface area (Å²) in [6.45, 7) is 1.86. The van der Waals surface area contributed by atoms with Crippen LogP contribution in [0.5, 0.6) is 0 Å². The van der Waals surface area contributed by atoms with E-state index in [9.17, 15) is 14.0 Å². The Morgan fingerprint density at radius 2 is 1.85 bits per heavy atom. The zero-order valence-electron chi connectivity index (χ0n) is 14.8. The van der Waals surface area contributed by atoms with Gasteiger partial charge in [-0.25, -0.2) is 14.0 Å². The maximum absolute atomic E-state index is 14.1. The van der Waals surface area contributed by atoms with Crippen molar-refractivity contribution in [3.05, 3.63) is 65.6 Å². The molecule has 0 aliphatic rings. The number of hydrogen-bond acceptors (Lipinski definition) is 6. The first-order chi connectivity index (χ1) is 13.1. The lowest BCUT2D eigenvalue weighted by Gasteiger charge is -2.15. The van der Waals surface area contributed by atoms with Crippen LogP contribution in [0.1, 0.15) is 27.6 Å². The maximum Gasteiger partial charge on any atom is 0.341 e. The van der Waals surface area contributed by atoms with E-state index in [1.807, 2.05) is 0 Å². The Balaban J connectivity index is 2.25. The predicted molar refractivity (Wildman–Crippen MR) is 98.7 cm³/mol. The second kappa shape index (κ2) is 7.82. The Morgan fingerprint density at radius 1 is 1.07 bits per heavy atom. The van der Waals surface area contributed by atoms with Crippen molar-refractivity contribution in [1.82, 2.24) is 4.98 Å². The molecule has 138 valence electrons. The van der Waals surface area contributed by atoms with Gasteiger partial charge in [0, 0.05) is 11.6 Å². The number of hydrogen-bond donors (Lipinski definition) is 1. The highest BCUT2D eigenvalue weighted by Crippen LogP contribution is 2.32. The van der Waals surface area contributed by atoms with Crippen LogP contribution in [-0.2, 0) is 9.47 Å². The number of pyridine rings is 1. The SMILES string of the molecule is CCOC(=O)c1cnc2c(C(=O)OC)cccc2c1Nc1ccccc1F. The number of carbonyl (C=O) groups excluding carboxylic acids is 2. The number of ether oxygens (including phenoxy) is 2. The van der Waals surface area contributed by atoms with Gasteiger partial charge in [0.05, 0.1) is 36.2 Å². The highest BCUT2D eigenvalue weighted by atomic mass is 19.1. The van der Waals surface area contributed by atoms with E-state index in [4.69, 9.17) is 9.47 Å². The Bertz CT molecular complexity index is 1020. The molecule has 0 unspecified atom stereocenters. The number of nitrogens with one attached hydrogen (secondary N) is 1. The summed E-state index contributed by atoms with van der Waals surface area (Å²) in [6, 6.07) is 11.0. The molecule has 0 amide bonds. The molecule has 2 aromatic carbocycles. The van der Waals surface area contributed by atoms with E-state index in [0.717, 1.165) is 0 Å². The monoisotopic (exact) mass is 368 g/mol. The molecule has 1 heterocycles. The van der Waals surface area contributed by atoms with Crippen LogP contribution < -0.4 is 5.32 Å². The van der Waals surface area contributed by atoms with E-state index >= 15 is 0 Å². The number of rotatable bonds is 5. The first-order valence-electron chi connectivity index (χ1n) is 8.25. The predicted octanol–water partition coefficient (Wildman–Crippen LogP) is 4.08. The lowest BCUT2D eigenvalue weighted by Crippen LogP contribution is -2.11. The molecule has 0 saturated heterocycles. The minimum atomic E-state index is -0.603. The van der Waals surface area contributed by atoms with Gasteiger partial charge in [-0.2, -0.15) is 0 Å². The van der Waals surface area contributed by atoms with Crippen LogP contribution in [0.4, 0.5) is 15.8 Å². The molecule has 0 spiro atoms. The van der Waals surface area contributed by atoms with Crippen molar-refractivity contribution in [3.63, 3.8) is 0 Å². The van der Waals surface area contributed by atoms with Crippen molar-refractivity contribution < 1.29 is 23.5 Å². The standard InChI is InChI=1S/C20H17FN2O4/c1-3-27-20(25)14-11-22-17-12(7-6-8-13(17)19(24)26-2)18(14)23-16-10-5-4-9-15(16)21/h4-11H,3H2,1-2H3,(H,22,23). The summed E-state index contributed by atoms with van der Waals surface area (Å²) < 4.78 is 24.0. The van der Waals surface area contributed by atoms with Crippen LogP contribution in [0.15, 0.2) is 48.7 Å². The first kappa shape index (κ1) is 18.3.